The Hall–Kier alpha value is -0.610. The van der Waals surface area contributed by atoms with E-state index in [0.29, 0.717) is 12.1 Å². The van der Waals surface area contributed by atoms with Gasteiger partial charge in [-0.05, 0) is 26.2 Å². The minimum Gasteiger partial charge on any atom is -0.468 e. The summed E-state index contributed by atoms with van der Waals surface area (Å²) in [6, 6.07) is 0.289. The maximum atomic E-state index is 11.5. The Bertz CT molecular complexity index is 244. The molecule has 0 spiro atoms. The summed E-state index contributed by atoms with van der Waals surface area (Å²) < 4.78 is 10.5. The van der Waals surface area contributed by atoms with Crippen LogP contribution in [0.15, 0.2) is 0 Å². The third-order valence-electron chi connectivity index (χ3n) is 3.56. The lowest BCUT2D eigenvalue weighted by molar-refractivity contribution is -0.152. The molecule has 0 radical (unpaired) electrons. The second-order valence-corrected chi connectivity index (χ2v) is 4.34. The van der Waals surface area contributed by atoms with Crippen LogP contribution < -0.4 is 0 Å². The van der Waals surface area contributed by atoms with E-state index in [9.17, 15) is 4.79 Å². The van der Waals surface area contributed by atoms with Gasteiger partial charge in [0.15, 0.2) is 0 Å². The summed E-state index contributed by atoms with van der Waals surface area (Å²) >= 11 is 0. The van der Waals surface area contributed by atoms with Crippen LogP contribution in [0.1, 0.15) is 26.2 Å². The molecular weight excluding hydrogens is 194 g/mol. The molecule has 1 aliphatic carbocycles. The first-order valence-electron chi connectivity index (χ1n) is 5.69. The fourth-order valence-corrected chi connectivity index (χ4v) is 2.74. The monoisotopic (exact) mass is 213 g/mol. The topological polar surface area (TPSA) is 38.8 Å². The van der Waals surface area contributed by atoms with Gasteiger partial charge in [0.1, 0.15) is 6.04 Å². The summed E-state index contributed by atoms with van der Waals surface area (Å²) in [7, 11) is 1.45. The van der Waals surface area contributed by atoms with Crippen molar-refractivity contribution in [2.75, 3.05) is 20.3 Å². The number of methoxy groups -OCH3 is 1. The van der Waals surface area contributed by atoms with E-state index in [1.165, 1.54) is 13.5 Å². The van der Waals surface area contributed by atoms with Crippen LogP contribution >= 0.6 is 0 Å². The van der Waals surface area contributed by atoms with Gasteiger partial charge in [0.2, 0.25) is 0 Å². The number of nitrogens with zero attached hydrogens (tertiary/aromatic N) is 1. The number of fused-ring (bicyclic) bond motifs is 1. The number of hydrogen-bond acceptors (Lipinski definition) is 4. The predicted octanol–water partition coefficient (Wildman–Crippen LogP) is 0.801. The Morgan fingerprint density at radius 1 is 1.53 bits per heavy atom. The lowest BCUT2D eigenvalue weighted by Crippen LogP contribution is -2.54. The summed E-state index contributed by atoms with van der Waals surface area (Å²) in [4.78, 5) is 13.7. The maximum absolute atomic E-state index is 11.5. The quantitative estimate of drug-likeness (QED) is 0.636. The molecule has 2 fully saturated rings. The standard InChI is InChI=1S/C11H19NO3/c1-8(11(13)14-2)12-6-7-15-10-5-3-4-9(10)12/h8-10H,3-7H2,1-2H3. The van der Waals surface area contributed by atoms with E-state index < -0.39 is 0 Å². The van der Waals surface area contributed by atoms with Gasteiger partial charge < -0.3 is 9.47 Å². The van der Waals surface area contributed by atoms with Crippen LogP contribution in [0.4, 0.5) is 0 Å². The van der Waals surface area contributed by atoms with Crippen LogP contribution in [0.2, 0.25) is 0 Å². The molecule has 0 bridgehead atoms. The smallest absolute Gasteiger partial charge is 0.322 e. The highest BCUT2D eigenvalue weighted by Crippen LogP contribution is 2.30. The molecule has 1 heterocycles. The number of morpholine rings is 1. The molecule has 3 unspecified atom stereocenters. The van der Waals surface area contributed by atoms with Crippen LogP contribution in [0.25, 0.3) is 0 Å². The molecule has 86 valence electrons. The highest BCUT2D eigenvalue weighted by atomic mass is 16.5. The van der Waals surface area contributed by atoms with Gasteiger partial charge in [-0.15, -0.1) is 0 Å². The summed E-state index contributed by atoms with van der Waals surface area (Å²) in [6.07, 6.45) is 3.83. The zero-order chi connectivity index (χ0) is 10.8. The minimum atomic E-state index is -0.137. The highest BCUT2D eigenvalue weighted by molar-refractivity contribution is 5.75. The molecule has 0 aromatic carbocycles. The molecule has 4 heteroatoms. The Kier molecular flexibility index (Phi) is 3.26. The van der Waals surface area contributed by atoms with Gasteiger partial charge >= 0.3 is 5.97 Å². The summed E-state index contributed by atoms with van der Waals surface area (Å²) in [5.41, 5.74) is 0. The Labute approximate surface area is 90.5 Å². The molecular formula is C11H19NO3. The normalized spacial score (nSPS) is 33.5. The number of carbonyl (C=O) groups excluding carboxylic acids is 1. The molecule has 4 nitrogen and oxygen atoms in total. The third-order valence-corrected chi connectivity index (χ3v) is 3.56. The average molecular weight is 213 g/mol. The molecule has 1 saturated heterocycles. The number of ether oxygens (including phenoxy) is 2. The van der Waals surface area contributed by atoms with E-state index in [2.05, 4.69) is 4.90 Å². The Morgan fingerprint density at radius 3 is 3.07 bits per heavy atom. The van der Waals surface area contributed by atoms with Crippen molar-refractivity contribution in [3.63, 3.8) is 0 Å². The SMILES string of the molecule is COC(=O)C(C)N1CCOC2CCCC21. The van der Waals surface area contributed by atoms with Crippen LogP contribution in [0.3, 0.4) is 0 Å². The first kappa shape index (κ1) is 10.9. The number of carbonyl (C=O) groups is 1. The summed E-state index contributed by atoms with van der Waals surface area (Å²) in [5.74, 6) is -0.137. The van der Waals surface area contributed by atoms with Gasteiger partial charge in [-0.2, -0.15) is 0 Å². The lowest BCUT2D eigenvalue weighted by Gasteiger charge is -2.40. The van der Waals surface area contributed by atoms with Crippen molar-refractivity contribution in [1.82, 2.24) is 4.90 Å². The van der Waals surface area contributed by atoms with E-state index in [1.54, 1.807) is 0 Å². The van der Waals surface area contributed by atoms with Gasteiger partial charge in [-0.1, -0.05) is 0 Å². The Morgan fingerprint density at radius 2 is 2.33 bits per heavy atom. The highest BCUT2D eigenvalue weighted by Gasteiger charge is 2.39. The van der Waals surface area contributed by atoms with Gasteiger partial charge in [0, 0.05) is 12.6 Å². The number of esters is 1. The zero-order valence-corrected chi connectivity index (χ0v) is 9.44. The predicted molar refractivity (Wildman–Crippen MR) is 55.6 cm³/mol. The minimum absolute atomic E-state index is 0.135. The van der Waals surface area contributed by atoms with E-state index in [4.69, 9.17) is 9.47 Å². The molecule has 0 amide bonds. The van der Waals surface area contributed by atoms with Gasteiger partial charge in [0.25, 0.3) is 0 Å². The number of rotatable bonds is 2. The van der Waals surface area contributed by atoms with E-state index in [1.807, 2.05) is 6.92 Å². The summed E-state index contributed by atoms with van der Waals surface area (Å²) in [5, 5.41) is 0. The van der Waals surface area contributed by atoms with Gasteiger partial charge in [-0.25, -0.2) is 0 Å². The molecule has 1 saturated carbocycles. The van der Waals surface area contributed by atoms with Crippen molar-refractivity contribution in [1.29, 1.82) is 0 Å². The van der Waals surface area contributed by atoms with Crippen molar-refractivity contribution in [2.24, 2.45) is 0 Å². The summed E-state index contributed by atoms with van der Waals surface area (Å²) in [6.45, 7) is 3.51. The number of hydrogen-bond donors (Lipinski definition) is 0. The van der Waals surface area contributed by atoms with Crippen LogP contribution in [0.5, 0.6) is 0 Å². The van der Waals surface area contributed by atoms with Crippen molar-refractivity contribution in [3.05, 3.63) is 0 Å². The fourth-order valence-electron chi connectivity index (χ4n) is 2.74. The van der Waals surface area contributed by atoms with Gasteiger partial charge in [-0.3, -0.25) is 9.69 Å². The van der Waals surface area contributed by atoms with E-state index >= 15 is 0 Å². The molecule has 2 rings (SSSR count). The van der Waals surface area contributed by atoms with Gasteiger partial charge in [0.05, 0.1) is 19.8 Å². The van der Waals surface area contributed by atoms with Crippen molar-refractivity contribution in [3.8, 4) is 0 Å². The molecule has 15 heavy (non-hydrogen) atoms. The first-order chi connectivity index (χ1) is 7.24. The third kappa shape index (κ3) is 2.01. The average Bonchev–Trinajstić information content (AvgIpc) is 2.74. The maximum Gasteiger partial charge on any atom is 0.322 e. The Balaban J connectivity index is 2.03. The molecule has 1 aliphatic heterocycles. The van der Waals surface area contributed by atoms with Crippen LogP contribution in [0, 0.1) is 0 Å². The van der Waals surface area contributed by atoms with Crippen molar-refractivity contribution in [2.45, 2.75) is 44.4 Å². The van der Waals surface area contributed by atoms with Crippen molar-refractivity contribution < 1.29 is 14.3 Å². The lowest BCUT2D eigenvalue weighted by atomic mass is 10.1. The second kappa shape index (κ2) is 4.49. The first-order valence-corrected chi connectivity index (χ1v) is 5.69. The van der Waals surface area contributed by atoms with E-state index in [-0.39, 0.29) is 12.0 Å². The van der Waals surface area contributed by atoms with Crippen molar-refractivity contribution >= 4 is 5.97 Å². The van der Waals surface area contributed by atoms with Crippen LogP contribution in [-0.2, 0) is 14.3 Å². The zero-order valence-electron chi connectivity index (χ0n) is 9.44. The fraction of sp³-hybridized carbons (Fsp3) is 0.909. The second-order valence-electron chi connectivity index (χ2n) is 4.34. The molecule has 2 aliphatic rings. The molecule has 3 atom stereocenters. The van der Waals surface area contributed by atoms with E-state index in [0.717, 1.165) is 26.0 Å². The van der Waals surface area contributed by atoms with Crippen LogP contribution in [-0.4, -0.2) is 49.3 Å². The molecule has 0 aromatic rings. The molecule has 0 N–H and O–H groups in total. The largest absolute Gasteiger partial charge is 0.468 e. The molecule has 0 aromatic heterocycles.